The number of carbonyl (C=O) groups excluding carboxylic acids is 1. The van der Waals surface area contributed by atoms with E-state index in [0.717, 1.165) is 12.8 Å². The second-order valence-corrected chi connectivity index (χ2v) is 4.56. The van der Waals surface area contributed by atoms with Gasteiger partial charge >= 0.3 is 0 Å². The minimum absolute atomic E-state index is 0.109. The van der Waals surface area contributed by atoms with Gasteiger partial charge in [0, 0.05) is 19.7 Å². The standard InChI is InChI=1S/C13H19ClN2O2/c1-4-5-6-16(2)13(17)9-7-10(14)11(15)8-12(9)18-3/h7-8H,4-6,15H2,1-3H3. The summed E-state index contributed by atoms with van der Waals surface area (Å²) in [6.45, 7) is 2.79. The van der Waals surface area contributed by atoms with E-state index >= 15 is 0 Å². The molecule has 0 radical (unpaired) electrons. The van der Waals surface area contributed by atoms with E-state index in [1.807, 2.05) is 0 Å². The highest BCUT2D eigenvalue weighted by molar-refractivity contribution is 6.33. The number of methoxy groups -OCH3 is 1. The largest absolute Gasteiger partial charge is 0.496 e. The fourth-order valence-corrected chi connectivity index (χ4v) is 1.77. The molecule has 0 aliphatic carbocycles. The number of amides is 1. The van der Waals surface area contributed by atoms with Crippen LogP contribution >= 0.6 is 11.6 Å². The molecule has 1 rings (SSSR count). The first-order chi connectivity index (χ1) is 8.51. The van der Waals surface area contributed by atoms with Crippen LogP contribution in [0.15, 0.2) is 12.1 Å². The normalized spacial score (nSPS) is 10.2. The van der Waals surface area contributed by atoms with E-state index in [1.165, 1.54) is 7.11 Å². The molecule has 0 aromatic heterocycles. The second kappa shape index (κ2) is 6.50. The van der Waals surface area contributed by atoms with E-state index < -0.39 is 0 Å². The molecule has 0 bridgehead atoms. The summed E-state index contributed by atoms with van der Waals surface area (Å²) in [6, 6.07) is 3.13. The van der Waals surface area contributed by atoms with Crippen LogP contribution < -0.4 is 10.5 Å². The van der Waals surface area contributed by atoms with Gasteiger partial charge in [-0.3, -0.25) is 4.79 Å². The minimum Gasteiger partial charge on any atom is -0.496 e. The van der Waals surface area contributed by atoms with Crippen LogP contribution in [0.5, 0.6) is 5.75 Å². The number of rotatable bonds is 5. The molecule has 0 saturated carbocycles. The number of carbonyl (C=O) groups is 1. The van der Waals surface area contributed by atoms with Crippen LogP contribution in [0.3, 0.4) is 0 Å². The Hall–Kier alpha value is -1.42. The van der Waals surface area contributed by atoms with Crippen molar-refractivity contribution in [3.63, 3.8) is 0 Å². The van der Waals surface area contributed by atoms with Gasteiger partial charge in [-0.05, 0) is 12.5 Å². The molecule has 1 amide bonds. The highest BCUT2D eigenvalue weighted by atomic mass is 35.5. The summed E-state index contributed by atoms with van der Waals surface area (Å²) in [7, 11) is 3.27. The Morgan fingerprint density at radius 2 is 2.17 bits per heavy atom. The second-order valence-electron chi connectivity index (χ2n) is 4.15. The molecule has 0 spiro atoms. The van der Waals surface area contributed by atoms with Crippen molar-refractivity contribution in [2.75, 3.05) is 26.4 Å². The van der Waals surface area contributed by atoms with Crippen molar-refractivity contribution in [3.05, 3.63) is 22.7 Å². The number of unbranched alkanes of at least 4 members (excludes halogenated alkanes) is 1. The number of hydrogen-bond donors (Lipinski definition) is 1. The molecule has 5 heteroatoms. The summed E-state index contributed by atoms with van der Waals surface area (Å²) < 4.78 is 5.17. The molecule has 0 heterocycles. The van der Waals surface area contributed by atoms with Gasteiger partial charge in [-0.15, -0.1) is 0 Å². The Labute approximate surface area is 113 Å². The van der Waals surface area contributed by atoms with Crippen molar-refractivity contribution in [1.29, 1.82) is 0 Å². The van der Waals surface area contributed by atoms with E-state index in [1.54, 1.807) is 24.1 Å². The van der Waals surface area contributed by atoms with Gasteiger partial charge in [0.2, 0.25) is 0 Å². The van der Waals surface area contributed by atoms with E-state index in [0.29, 0.717) is 28.6 Å². The molecule has 1 aromatic carbocycles. The van der Waals surface area contributed by atoms with Crippen molar-refractivity contribution in [2.45, 2.75) is 19.8 Å². The number of anilines is 1. The first-order valence-electron chi connectivity index (χ1n) is 5.89. The van der Waals surface area contributed by atoms with Crippen LogP contribution in [0, 0.1) is 0 Å². The van der Waals surface area contributed by atoms with Gasteiger partial charge in [-0.25, -0.2) is 0 Å². The van der Waals surface area contributed by atoms with Crippen LogP contribution in [-0.4, -0.2) is 31.5 Å². The van der Waals surface area contributed by atoms with Crippen molar-refractivity contribution >= 4 is 23.2 Å². The fourth-order valence-electron chi connectivity index (χ4n) is 1.61. The zero-order chi connectivity index (χ0) is 13.7. The van der Waals surface area contributed by atoms with Gasteiger partial charge in [0.05, 0.1) is 23.4 Å². The summed E-state index contributed by atoms with van der Waals surface area (Å²) >= 11 is 5.94. The number of nitrogens with two attached hydrogens (primary N) is 1. The molecular weight excluding hydrogens is 252 g/mol. The molecule has 0 aliphatic rings. The summed E-state index contributed by atoms with van der Waals surface area (Å²) in [6.07, 6.45) is 2.00. The van der Waals surface area contributed by atoms with Gasteiger partial charge in [-0.1, -0.05) is 24.9 Å². The van der Waals surface area contributed by atoms with Crippen molar-refractivity contribution in [1.82, 2.24) is 4.90 Å². The van der Waals surface area contributed by atoms with Crippen molar-refractivity contribution in [3.8, 4) is 5.75 Å². The van der Waals surface area contributed by atoms with Gasteiger partial charge < -0.3 is 15.4 Å². The molecule has 4 nitrogen and oxygen atoms in total. The fraction of sp³-hybridized carbons (Fsp3) is 0.462. The van der Waals surface area contributed by atoms with Crippen LogP contribution in [0.1, 0.15) is 30.1 Å². The van der Waals surface area contributed by atoms with Crippen molar-refractivity contribution in [2.24, 2.45) is 0 Å². The SMILES string of the molecule is CCCCN(C)C(=O)c1cc(Cl)c(N)cc1OC. The Kier molecular flexibility index (Phi) is 5.28. The zero-order valence-corrected chi connectivity index (χ0v) is 11.8. The molecule has 2 N–H and O–H groups in total. The maximum Gasteiger partial charge on any atom is 0.257 e. The lowest BCUT2D eigenvalue weighted by Crippen LogP contribution is -2.28. The summed E-state index contributed by atoms with van der Waals surface area (Å²) in [4.78, 5) is 13.9. The minimum atomic E-state index is -0.109. The number of nitrogens with zero attached hydrogens (tertiary/aromatic N) is 1. The first-order valence-corrected chi connectivity index (χ1v) is 6.27. The number of nitrogen functional groups attached to an aromatic ring is 1. The number of benzene rings is 1. The van der Waals surface area contributed by atoms with E-state index in [-0.39, 0.29) is 5.91 Å². The number of ether oxygens (including phenoxy) is 1. The lowest BCUT2D eigenvalue weighted by Gasteiger charge is -2.19. The maximum atomic E-state index is 12.2. The van der Waals surface area contributed by atoms with Crippen LogP contribution in [-0.2, 0) is 0 Å². The predicted octanol–water partition coefficient (Wildman–Crippen LogP) is 2.80. The third-order valence-corrected chi connectivity index (χ3v) is 3.07. The quantitative estimate of drug-likeness (QED) is 0.837. The third kappa shape index (κ3) is 3.29. The molecule has 0 saturated heterocycles. The first kappa shape index (κ1) is 14.6. The Morgan fingerprint density at radius 3 is 2.72 bits per heavy atom. The molecular formula is C13H19ClN2O2. The summed E-state index contributed by atoms with van der Waals surface area (Å²) in [5, 5.41) is 0.364. The van der Waals surface area contributed by atoms with E-state index in [2.05, 4.69) is 6.92 Å². The molecule has 1 aromatic rings. The highest BCUT2D eigenvalue weighted by Gasteiger charge is 2.18. The summed E-state index contributed by atoms with van der Waals surface area (Å²) in [5.41, 5.74) is 6.53. The average molecular weight is 271 g/mol. The van der Waals surface area contributed by atoms with Crippen molar-refractivity contribution < 1.29 is 9.53 Å². The van der Waals surface area contributed by atoms with E-state index in [4.69, 9.17) is 22.1 Å². The van der Waals surface area contributed by atoms with Crippen LogP contribution in [0.4, 0.5) is 5.69 Å². The van der Waals surface area contributed by atoms with Gasteiger partial charge in [0.15, 0.2) is 0 Å². The number of halogens is 1. The molecule has 0 unspecified atom stereocenters. The molecule has 0 aliphatic heterocycles. The molecule has 0 atom stereocenters. The molecule has 100 valence electrons. The molecule has 18 heavy (non-hydrogen) atoms. The smallest absolute Gasteiger partial charge is 0.257 e. The van der Waals surface area contributed by atoms with Crippen LogP contribution in [0.2, 0.25) is 5.02 Å². The third-order valence-electron chi connectivity index (χ3n) is 2.74. The van der Waals surface area contributed by atoms with E-state index in [9.17, 15) is 4.79 Å². The number of hydrogen-bond acceptors (Lipinski definition) is 3. The van der Waals surface area contributed by atoms with Gasteiger partial charge in [0.25, 0.3) is 5.91 Å². The maximum absolute atomic E-state index is 12.2. The zero-order valence-electron chi connectivity index (χ0n) is 11.0. The topological polar surface area (TPSA) is 55.6 Å². The predicted molar refractivity (Wildman–Crippen MR) is 74.3 cm³/mol. The van der Waals surface area contributed by atoms with Gasteiger partial charge in [0.1, 0.15) is 5.75 Å². The summed E-state index contributed by atoms with van der Waals surface area (Å²) in [5.74, 6) is 0.340. The highest BCUT2D eigenvalue weighted by Crippen LogP contribution is 2.29. The monoisotopic (exact) mass is 270 g/mol. The Balaban J connectivity index is 3.00. The lowest BCUT2D eigenvalue weighted by atomic mass is 10.1. The van der Waals surface area contributed by atoms with Crippen LogP contribution in [0.25, 0.3) is 0 Å². The van der Waals surface area contributed by atoms with Gasteiger partial charge in [-0.2, -0.15) is 0 Å². The Morgan fingerprint density at radius 1 is 1.50 bits per heavy atom. The average Bonchev–Trinajstić information content (AvgIpc) is 2.37. The Bertz CT molecular complexity index is 435. The lowest BCUT2D eigenvalue weighted by molar-refractivity contribution is 0.0790. The molecule has 0 fully saturated rings.